The molecule has 1 aromatic rings. The van der Waals surface area contributed by atoms with Crippen LogP contribution in [0.5, 0.6) is 0 Å². The van der Waals surface area contributed by atoms with Gasteiger partial charge in [-0.3, -0.25) is 4.79 Å². The summed E-state index contributed by atoms with van der Waals surface area (Å²) in [4.78, 5) is 10.9. The van der Waals surface area contributed by atoms with Crippen LogP contribution in [0.4, 0.5) is 5.82 Å². The standard InChI is InChI=1S/C7H10N4O.ClH/c8-6(12)5-4-10-11-3-1-2-9-7(5)11;/h4,9H,1-3H2,(H2,8,12);1H. The lowest BCUT2D eigenvalue weighted by molar-refractivity contribution is 0.100. The largest absolute Gasteiger partial charge is 0.370 e. The van der Waals surface area contributed by atoms with Gasteiger partial charge in [-0.2, -0.15) is 5.10 Å². The van der Waals surface area contributed by atoms with E-state index in [2.05, 4.69) is 10.4 Å². The van der Waals surface area contributed by atoms with Crippen LogP contribution < -0.4 is 11.1 Å². The van der Waals surface area contributed by atoms with E-state index in [0.29, 0.717) is 5.56 Å². The van der Waals surface area contributed by atoms with Crippen molar-refractivity contribution in [2.75, 3.05) is 11.9 Å². The van der Waals surface area contributed by atoms with E-state index in [0.717, 1.165) is 25.3 Å². The van der Waals surface area contributed by atoms with E-state index in [1.54, 1.807) is 4.68 Å². The number of aryl methyl sites for hydroxylation is 1. The molecule has 72 valence electrons. The summed E-state index contributed by atoms with van der Waals surface area (Å²) in [5.74, 6) is 0.333. The van der Waals surface area contributed by atoms with Gasteiger partial charge < -0.3 is 11.1 Å². The maximum atomic E-state index is 10.9. The lowest BCUT2D eigenvalue weighted by Crippen LogP contribution is -2.20. The van der Waals surface area contributed by atoms with E-state index in [4.69, 9.17) is 5.73 Å². The topological polar surface area (TPSA) is 72.9 Å². The van der Waals surface area contributed by atoms with Crippen molar-refractivity contribution in [3.63, 3.8) is 0 Å². The number of carbonyl (C=O) groups is 1. The van der Waals surface area contributed by atoms with E-state index in [9.17, 15) is 4.79 Å². The van der Waals surface area contributed by atoms with Crippen LogP contribution in [0.25, 0.3) is 0 Å². The third-order valence-electron chi connectivity index (χ3n) is 1.94. The quantitative estimate of drug-likeness (QED) is 0.684. The number of nitrogens with one attached hydrogen (secondary N) is 1. The van der Waals surface area contributed by atoms with Crippen LogP contribution in [0.2, 0.25) is 0 Å². The summed E-state index contributed by atoms with van der Waals surface area (Å²) in [6.07, 6.45) is 2.54. The normalized spacial score (nSPS) is 13.8. The van der Waals surface area contributed by atoms with Crippen molar-refractivity contribution in [1.29, 1.82) is 0 Å². The van der Waals surface area contributed by atoms with Gasteiger partial charge in [-0.15, -0.1) is 12.4 Å². The molecule has 13 heavy (non-hydrogen) atoms. The Kier molecular flexibility index (Phi) is 2.77. The minimum Gasteiger partial charge on any atom is -0.370 e. The molecule has 1 amide bonds. The molecule has 0 spiro atoms. The molecule has 1 aliphatic heterocycles. The molecule has 0 unspecified atom stereocenters. The maximum Gasteiger partial charge on any atom is 0.254 e. The van der Waals surface area contributed by atoms with Crippen LogP contribution in [-0.4, -0.2) is 22.2 Å². The molecule has 0 saturated heterocycles. The summed E-state index contributed by atoms with van der Waals surface area (Å²) in [5.41, 5.74) is 5.63. The third kappa shape index (κ3) is 1.60. The first-order chi connectivity index (χ1) is 5.79. The number of nitrogens with two attached hydrogens (primary N) is 1. The number of hydrogen-bond donors (Lipinski definition) is 2. The number of aromatic nitrogens is 2. The summed E-state index contributed by atoms with van der Waals surface area (Å²) < 4.78 is 1.77. The van der Waals surface area contributed by atoms with E-state index in [1.807, 2.05) is 0 Å². The van der Waals surface area contributed by atoms with Gasteiger partial charge in [0, 0.05) is 13.1 Å². The highest BCUT2D eigenvalue weighted by Crippen LogP contribution is 2.17. The van der Waals surface area contributed by atoms with Crippen LogP contribution >= 0.6 is 12.4 Å². The fraction of sp³-hybridized carbons (Fsp3) is 0.429. The summed E-state index contributed by atoms with van der Waals surface area (Å²) >= 11 is 0. The van der Waals surface area contributed by atoms with E-state index in [1.165, 1.54) is 6.20 Å². The number of carbonyl (C=O) groups excluding carboxylic acids is 1. The first-order valence-electron chi connectivity index (χ1n) is 3.88. The lowest BCUT2D eigenvalue weighted by Gasteiger charge is -2.15. The van der Waals surface area contributed by atoms with Gasteiger partial charge in [0.05, 0.1) is 6.20 Å². The average molecular weight is 203 g/mol. The van der Waals surface area contributed by atoms with Crippen molar-refractivity contribution in [3.8, 4) is 0 Å². The number of nitrogens with zero attached hydrogens (tertiary/aromatic N) is 2. The Balaban J connectivity index is 0.000000845. The Bertz CT molecular complexity index is 322. The Hall–Kier alpha value is -1.23. The summed E-state index contributed by atoms with van der Waals surface area (Å²) in [6, 6.07) is 0. The van der Waals surface area contributed by atoms with Crippen molar-refractivity contribution in [2.45, 2.75) is 13.0 Å². The molecular formula is C7H11ClN4O. The van der Waals surface area contributed by atoms with Crippen LogP contribution in [0, 0.1) is 0 Å². The molecular weight excluding hydrogens is 192 g/mol. The molecule has 0 atom stereocenters. The molecule has 0 radical (unpaired) electrons. The minimum absolute atomic E-state index is 0. The Morgan fingerprint density at radius 3 is 3.15 bits per heavy atom. The highest BCUT2D eigenvalue weighted by atomic mass is 35.5. The van der Waals surface area contributed by atoms with Crippen LogP contribution in [0.15, 0.2) is 6.20 Å². The molecule has 2 rings (SSSR count). The second-order valence-corrected chi connectivity index (χ2v) is 2.77. The van der Waals surface area contributed by atoms with E-state index >= 15 is 0 Å². The Labute approximate surface area is 81.7 Å². The summed E-state index contributed by atoms with van der Waals surface area (Å²) in [7, 11) is 0. The Morgan fingerprint density at radius 1 is 1.69 bits per heavy atom. The number of rotatable bonds is 1. The lowest BCUT2D eigenvalue weighted by atomic mass is 10.2. The van der Waals surface area contributed by atoms with Crippen LogP contribution in [-0.2, 0) is 6.54 Å². The van der Waals surface area contributed by atoms with Gasteiger partial charge in [-0.25, -0.2) is 4.68 Å². The smallest absolute Gasteiger partial charge is 0.254 e. The number of primary amides is 1. The second kappa shape index (κ2) is 3.66. The molecule has 0 bridgehead atoms. The molecule has 0 aliphatic carbocycles. The molecule has 1 aliphatic rings. The first-order valence-corrected chi connectivity index (χ1v) is 3.88. The van der Waals surface area contributed by atoms with Crippen molar-refractivity contribution in [3.05, 3.63) is 11.8 Å². The van der Waals surface area contributed by atoms with Crippen molar-refractivity contribution in [2.24, 2.45) is 5.73 Å². The van der Waals surface area contributed by atoms with Crippen molar-refractivity contribution >= 4 is 24.1 Å². The van der Waals surface area contributed by atoms with Gasteiger partial charge in [-0.05, 0) is 6.42 Å². The van der Waals surface area contributed by atoms with Gasteiger partial charge in [0.15, 0.2) is 0 Å². The minimum atomic E-state index is -0.425. The predicted octanol–water partition coefficient (Wildman–Crippen LogP) is 0.219. The zero-order chi connectivity index (χ0) is 8.55. The van der Waals surface area contributed by atoms with Gasteiger partial charge in [0.25, 0.3) is 5.91 Å². The predicted molar refractivity (Wildman–Crippen MR) is 51.1 cm³/mol. The SMILES string of the molecule is Cl.NC(=O)c1cnn2c1NCCC2. The zero-order valence-electron chi connectivity index (χ0n) is 6.99. The van der Waals surface area contributed by atoms with Crippen molar-refractivity contribution in [1.82, 2.24) is 9.78 Å². The average Bonchev–Trinajstić information content (AvgIpc) is 2.47. The van der Waals surface area contributed by atoms with E-state index in [-0.39, 0.29) is 12.4 Å². The second-order valence-electron chi connectivity index (χ2n) is 2.77. The molecule has 3 N–H and O–H groups in total. The molecule has 5 nitrogen and oxygen atoms in total. The fourth-order valence-corrected chi connectivity index (χ4v) is 1.36. The van der Waals surface area contributed by atoms with Crippen LogP contribution in [0.3, 0.4) is 0 Å². The number of anilines is 1. The molecule has 0 fully saturated rings. The van der Waals surface area contributed by atoms with Gasteiger partial charge in [-0.1, -0.05) is 0 Å². The highest BCUT2D eigenvalue weighted by Gasteiger charge is 2.16. The number of hydrogen-bond acceptors (Lipinski definition) is 3. The highest BCUT2D eigenvalue weighted by molar-refractivity contribution is 5.97. The maximum absolute atomic E-state index is 10.9. The van der Waals surface area contributed by atoms with Crippen LogP contribution in [0.1, 0.15) is 16.8 Å². The third-order valence-corrected chi connectivity index (χ3v) is 1.94. The molecule has 0 aromatic carbocycles. The number of amides is 1. The van der Waals surface area contributed by atoms with Gasteiger partial charge in [0.2, 0.25) is 0 Å². The zero-order valence-corrected chi connectivity index (χ0v) is 7.80. The molecule has 2 heterocycles. The molecule has 1 aromatic heterocycles. The van der Waals surface area contributed by atoms with E-state index < -0.39 is 5.91 Å². The first kappa shape index (κ1) is 9.85. The van der Waals surface area contributed by atoms with Gasteiger partial charge in [0.1, 0.15) is 11.4 Å². The monoisotopic (exact) mass is 202 g/mol. The van der Waals surface area contributed by atoms with Gasteiger partial charge >= 0.3 is 0 Å². The number of halogens is 1. The summed E-state index contributed by atoms with van der Waals surface area (Å²) in [6.45, 7) is 1.74. The Morgan fingerprint density at radius 2 is 2.46 bits per heavy atom. The summed E-state index contributed by atoms with van der Waals surface area (Å²) in [5, 5.41) is 7.12. The molecule has 6 heteroatoms. The number of fused-ring (bicyclic) bond motifs is 1. The van der Waals surface area contributed by atoms with Crippen molar-refractivity contribution < 1.29 is 4.79 Å². The fourth-order valence-electron chi connectivity index (χ4n) is 1.36. The molecule has 0 saturated carbocycles.